The predicted molar refractivity (Wildman–Crippen MR) is 62.3 cm³/mol. The lowest BCUT2D eigenvalue weighted by molar-refractivity contribution is -0.142. The van der Waals surface area contributed by atoms with E-state index in [1.807, 2.05) is 12.3 Å². The maximum atomic E-state index is 11.3. The molecule has 3 N–H and O–H groups in total. The van der Waals surface area contributed by atoms with Gasteiger partial charge in [0, 0.05) is 11.9 Å². The van der Waals surface area contributed by atoms with Gasteiger partial charge in [-0.3, -0.25) is 5.32 Å². The number of rotatable bonds is 6. The van der Waals surface area contributed by atoms with Gasteiger partial charge in [0.25, 0.3) is 0 Å². The minimum atomic E-state index is -1.03. The number of aliphatic carboxylic acids is 1. The molecule has 0 aliphatic carbocycles. The minimum Gasteiger partial charge on any atom is -0.480 e. The molecule has 0 atom stereocenters. The lowest BCUT2D eigenvalue weighted by Gasteiger charge is -2.05. The van der Waals surface area contributed by atoms with E-state index in [1.165, 1.54) is 11.3 Å². The molecule has 0 bridgehead atoms. The second-order valence-electron chi connectivity index (χ2n) is 3.12. The van der Waals surface area contributed by atoms with Crippen molar-refractivity contribution >= 4 is 28.5 Å². The quantitative estimate of drug-likeness (QED) is 0.652. The molecule has 0 saturated heterocycles. The number of carboxylic acids is 1. The lowest BCUT2D eigenvalue weighted by Crippen LogP contribution is -2.31. The first-order valence-corrected chi connectivity index (χ1v) is 5.72. The van der Waals surface area contributed by atoms with Crippen LogP contribution in [0.5, 0.6) is 0 Å². The van der Waals surface area contributed by atoms with Crippen LogP contribution in [0.15, 0.2) is 5.38 Å². The third kappa shape index (κ3) is 5.83. The van der Waals surface area contributed by atoms with Crippen molar-refractivity contribution in [2.75, 3.05) is 25.1 Å². The minimum absolute atomic E-state index is 0.149. The van der Waals surface area contributed by atoms with Crippen LogP contribution in [0.3, 0.4) is 0 Å². The van der Waals surface area contributed by atoms with E-state index in [2.05, 4.69) is 15.6 Å². The number of urea groups is 1. The van der Waals surface area contributed by atoms with Gasteiger partial charge in [-0.25, -0.2) is 14.6 Å². The number of carbonyl (C=O) groups excluding carboxylic acids is 1. The molecule has 1 rings (SSSR count). The summed E-state index contributed by atoms with van der Waals surface area (Å²) in [7, 11) is 0. The second-order valence-corrected chi connectivity index (χ2v) is 3.98. The van der Waals surface area contributed by atoms with Crippen molar-refractivity contribution in [1.82, 2.24) is 10.3 Å². The number of hydrogen-bond acceptors (Lipinski definition) is 5. The number of carboxylic acid groups (broad SMARTS) is 1. The summed E-state index contributed by atoms with van der Waals surface area (Å²) >= 11 is 1.33. The maximum Gasteiger partial charge on any atom is 0.329 e. The highest BCUT2D eigenvalue weighted by Crippen LogP contribution is 2.13. The second kappa shape index (κ2) is 6.81. The Labute approximate surface area is 102 Å². The summed E-state index contributed by atoms with van der Waals surface area (Å²) < 4.78 is 4.74. The van der Waals surface area contributed by atoms with E-state index in [4.69, 9.17) is 9.84 Å². The monoisotopic (exact) mass is 259 g/mol. The van der Waals surface area contributed by atoms with E-state index in [0.29, 0.717) is 5.13 Å². The standard InChI is InChI=1S/C9H13N3O4S/c1-6-5-17-9(11-6)12-8(15)10-2-3-16-4-7(13)14/h5H,2-4H2,1H3,(H,13,14)(H2,10,11,12,15). The van der Waals surface area contributed by atoms with Crippen LogP contribution in [0.4, 0.5) is 9.93 Å². The van der Waals surface area contributed by atoms with Gasteiger partial charge in [0.2, 0.25) is 0 Å². The van der Waals surface area contributed by atoms with Crippen molar-refractivity contribution in [1.29, 1.82) is 0 Å². The van der Waals surface area contributed by atoms with Crippen LogP contribution in [0.2, 0.25) is 0 Å². The molecule has 17 heavy (non-hydrogen) atoms. The molecule has 0 aliphatic rings. The zero-order valence-corrected chi connectivity index (χ0v) is 10.0. The van der Waals surface area contributed by atoms with Gasteiger partial charge in [-0.2, -0.15) is 0 Å². The highest BCUT2D eigenvalue weighted by Gasteiger charge is 2.04. The summed E-state index contributed by atoms with van der Waals surface area (Å²) in [5.74, 6) is -1.03. The van der Waals surface area contributed by atoms with E-state index >= 15 is 0 Å². The largest absolute Gasteiger partial charge is 0.480 e. The van der Waals surface area contributed by atoms with Gasteiger partial charge in [0.1, 0.15) is 6.61 Å². The van der Waals surface area contributed by atoms with Crippen LogP contribution in [0, 0.1) is 6.92 Å². The highest BCUT2D eigenvalue weighted by molar-refractivity contribution is 7.13. The van der Waals surface area contributed by atoms with Crippen molar-refractivity contribution in [3.63, 3.8) is 0 Å². The molecule has 0 radical (unpaired) electrons. The molecular weight excluding hydrogens is 246 g/mol. The molecule has 1 aromatic rings. The molecule has 1 heterocycles. The number of thiazole rings is 1. The molecule has 0 aromatic carbocycles. The number of anilines is 1. The summed E-state index contributed by atoms with van der Waals surface area (Å²) in [6.45, 7) is 1.86. The van der Waals surface area contributed by atoms with Gasteiger partial charge in [-0.1, -0.05) is 0 Å². The molecule has 0 fully saturated rings. The topological polar surface area (TPSA) is 101 Å². The average molecular weight is 259 g/mol. The summed E-state index contributed by atoms with van der Waals surface area (Å²) in [5, 5.41) is 15.7. The molecule has 0 spiro atoms. The van der Waals surface area contributed by atoms with Crippen LogP contribution in [0.25, 0.3) is 0 Å². The molecule has 0 aliphatic heterocycles. The van der Waals surface area contributed by atoms with Gasteiger partial charge in [-0.05, 0) is 6.92 Å². The summed E-state index contributed by atoms with van der Waals surface area (Å²) in [4.78, 5) is 25.5. The Morgan fingerprint density at radius 1 is 1.59 bits per heavy atom. The van der Waals surface area contributed by atoms with Crippen LogP contribution >= 0.6 is 11.3 Å². The molecule has 0 saturated carbocycles. The third-order valence-electron chi connectivity index (χ3n) is 1.60. The normalized spacial score (nSPS) is 9.94. The number of amides is 2. The number of carbonyl (C=O) groups is 2. The van der Waals surface area contributed by atoms with Crippen molar-refractivity contribution in [2.45, 2.75) is 6.92 Å². The first-order valence-electron chi connectivity index (χ1n) is 4.84. The Kier molecular flexibility index (Phi) is 5.37. The van der Waals surface area contributed by atoms with Gasteiger partial charge in [-0.15, -0.1) is 11.3 Å². The number of nitrogens with zero attached hydrogens (tertiary/aromatic N) is 1. The van der Waals surface area contributed by atoms with Crippen molar-refractivity contribution in [3.8, 4) is 0 Å². The number of nitrogens with one attached hydrogen (secondary N) is 2. The van der Waals surface area contributed by atoms with Crippen LogP contribution in [0.1, 0.15) is 5.69 Å². The van der Waals surface area contributed by atoms with E-state index in [9.17, 15) is 9.59 Å². The first-order chi connectivity index (χ1) is 8.08. The predicted octanol–water partition coefficient (Wildman–Crippen LogP) is 0.674. The van der Waals surface area contributed by atoms with E-state index in [-0.39, 0.29) is 19.8 Å². The fourth-order valence-electron chi connectivity index (χ4n) is 0.949. The average Bonchev–Trinajstić information content (AvgIpc) is 2.63. The maximum absolute atomic E-state index is 11.3. The van der Waals surface area contributed by atoms with Gasteiger partial charge < -0.3 is 15.2 Å². The van der Waals surface area contributed by atoms with Gasteiger partial charge in [0.05, 0.1) is 12.3 Å². The SMILES string of the molecule is Cc1csc(NC(=O)NCCOCC(=O)O)n1. The lowest BCUT2D eigenvalue weighted by atomic mass is 10.6. The number of hydrogen-bond donors (Lipinski definition) is 3. The zero-order chi connectivity index (χ0) is 12.7. The highest BCUT2D eigenvalue weighted by atomic mass is 32.1. The van der Waals surface area contributed by atoms with Crippen LogP contribution in [-0.4, -0.2) is 41.8 Å². The van der Waals surface area contributed by atoms with Crippen LogP contribution < -0.4 is 10.6 Å². The van der Waals surface area contributed by atoms with E-state index < -0.39 is 12.0 Å². The molecule has 2 amide bonds. The fourth-order valence-corrected chi connectivity index (χ4v) is 1.63. The van der Waals surface area contributed by atoms with Gasteiger partial charge >= 0.3 is 12.0 Å². The number of aromatic nitrogens is 1. The molecule has 94 valence electrons. The fraction of sp³-hybridized carbons (Fsp3) is 0.444. The molecular formula is C9H13N3O4S. The molecule has 7 nitrogen and oxygen atoms in total. The smallest absolute Gasteiger partial charge is 0.329 e. The molecule has 8 heteroatoms. The van der Waals surface area contributed by atoms with Crippen molar-refractivity contribution in [3.05, 3.63) is 11.1 Å². The van der Waals surface area contributed by atoms with Crippen LogP contribution in [-0.2, 0) is 9.53 Å². The Morgan fingerprint density at radius 3 is 2.94 bits per heavy atom. The Balaban J connectivity index is 2.11. The molecule has 0 unspecified atom stereocenters. The number of ether oxygens (including phenoxy) is 1. The Morgan fingerprint density at radius 2 is 2.35 bits per heavy atom. The Hall–Kier alpha value is -1.67. The van der Waals surface area contributed by atoms with Crippen molar-refractivity contribution < 1.29 is 19.4 Å². The summed E-state index contributed by atoms with van der Waals surface area (Å²) in [6, 6.07) is -0.390. The summed E-state index contributed by atoms with van der Waals surface area (Å²) in [5.41, 5.74) is 0.843. The summed E-state index contributed by atoms with van der Waals surface area (Å²) in [6.07, 6.45) is 0. The van der Waals surface area contributed by atoms with Crippen molar-refractivity contribution in [2.24, 2.45) is 0 Å². The zero-order valence-electron chi connectivity index (χ0n) is 9.23. The van der Waals surface area contributed by atoms with Gasteiger partial charge in [0.15, 0.2) is 5.13 Å². The van der Waals surface area contributed by atoms with E-state index in [1.54, 1.807) is 0 Å². The third-order valence-corrected chi connectivity index (χ3v) is 2.47. The first kappa shape index (κ1) is 13.4. The molecule has 1 aromatic heterocycles. The number of aryl methyl sites for hydroxylation is 1. The van der Waals surface area contributed by atoms with E-state index in [0.717, 1.165) is 5.69 Å². The Bertz CT molecular complexity index is 393.